The van der Waals surface area contributed by atoms with Crippen LogP contribution in [0, 0.1) is 5.92 Å². The molecule has 2 fully saturated rings. The number of aliphatic hydroxyl groups excluding tert-OH is 1. The molecule has 2 unspecified atom stereocenters. The lowest BCUT2D eigenvalue weighted by atomic mass is 10.0. The van der Waals surface area contributed by atoms with Gasteiger partial charge in [0.25, 0.3) is 0 Å². The van der Waals surface area contributed by atoms with Gasteiger partial charge in [0.1, 0.15) is 0 Å². The standard InChI is InChI=1S/C13H24N2O2/c1-3-15(12-4-5-12)13(17)9-14-7-6-11(8-14)10(2)16/h10-12,16H,3-9H2,1-2H3. The van der Waals surface area contributed by atoms with E-state index in [0.29, 0.717) is 18.5 Å². The van der Waals surface area contributed by atoms with Crippen LogP contribution in [0.15, 0.2) is 0 Å². The number of likely N-dealkylation sites (tertiary alicyclic amines) is 1. The van der Waals surface area contributed by atoms with Crippen molar-refractivity contribution in [3.63, 3.8) is 0 Å². The monoisotopic (exact) mass is 240 g/mol. The van der Waals surface area contributed by atoms with E-state index in [4.69, 9.17) is 0 Å². The lowest BCUT2D eigenvalue weighted by Gasteiger charge is -2.24. The van der Waals surface area contributed by atoms with Crippen molar-refractivity contribution in [2.45, 2.75) is 45.3 Å². The third kappa shape index (κ3) is 3.19. The van der Waals surface area contributed by atoms with Gasteiger partial charge in [-0.05, 0) is 45.6 Å². The average Bonchev–Trinajstić information content (AvgIpc) is 2.98. The second-order valence-electron chi connectivity index (χ2n) is 5.44. The van der Waals surface area contributed by atoms with Gasteiger partial charge in [-0.2, -0.15) is 0 Å². The summed E-state index contributed by atoms with van der Waals surface area (Å²) in [6.07, 6.45) is 3.12. The van der Waals surface area contributed by atoms with Gasteiger partial charge in [-0.25, -0.2) is 0 Å². The number of carbonyl (C=O) groups is 1. The highest BCUT2D eigenvalue weighted by molar-refractivity contribution is 5.79. The van der Waals surface area contributed by atoms with Gasteiger partial charge in [0.15, 0.2) is 0 Å². The van der Waals surface area contributed by atoms with E-state index in [1.54, 1.807) is 0 Å². The van der Waals surface area contributed by atoms with E-state index >= 15 is 0 Å². The minimum Gasteiger partial charge on any atom is -0.393 e. The smallest absolute Gasteiger partial charge is 0.236 e. The first-order valence-corrected chi connectivity index (χ1v) is 6.81. The Morgan fingerprint density at radius 2 is 2.18 bits per heavy atom. The molecule has 1 saturated carbocycles. The van der Waals surface area contributed by atoms with Crippen LogP contribution in [0.25, 0.3) is 0 Å². The fraction of sp³-hybridized carbons (Fsp3) is 0.923. The molecule has 0 bridgehead atoms. The van der Waals surface area contributed by atoms with Gasteiger partial charge in [0.05, 0.1) is 12.6 Å². The Balaban J connectivity index is 1.79. The van der Waals surface area contributed by atoms with E-state index < -0.39 is 0 Å². The fourth-order valence-electron chi connectivity index (χ4n) is 2.71. The summed E-state index contributed by atoms with van der Waals surface area (Å²) >= 11 is 0. The van der Waals surface area contributed by atoms with Gasteiger partial charge >= 0.3 is 0 Å². The molecule has 0 radical (unpaired) electrons. The van der Waals surface area contributed by atoms with Crippen molar-refractivity contribution < 1.29 is 9.90 Å². The molecule has 1 aliphatic carbocycles. The number of likely N-dealkylation sites (N-methyl/N-ethyl adjacent to an activating group) is 1. The molecular weight excluding hydrogens is 216 g/mol. The van der Waals surface area contributed by atoms with Crippen molar-refractivity contribution in [2.24, 2.45) is 5.92 Å². The zero-order valence-electron chi connectivity index (χ0n) is 10.9. The Labute approximate surface area is 104 Å². The summed E-state index contributed by atoms with van der Waals surface area (Å²) < 4.78 is 0. The second kappa shape index (κ2) is 5.36. The van der Waals surface area contributed by atoms with Crippen LogP contribution in [-0.2, 0) is 4.79 Å². The normalized spacial score (nSPS) is 27.1. The number of amides is 1. The number of nitrogens with zero attached hydrogens (tertiary/aromatic N) is 2. The molecule has 0 aromatic rings. The maximum atomic E-state index is 12.1. The van der Waals surface area contributed by atoms with E-state index in [1.807, 2.05) is 11.8 Å². The van der Waals surface area contributed by atoms with Gasteiger partial charge < -0.3 is 10.0 Å². The molecule has 2 aliphatic rings. The zero-order chi connectivity index (χ0) is 12.4. The van der Waals surface area contributed by atoms with Crippen LogP contribution in [0.2, 0.25) is 0 Å². The average molecular weight is 240 g/mol. The Kier molecular flexibility index (Phi) is 4.05. The second-order valence-corrected chi connectivity index (χ2v) is 5.44. The molecule has 1 N–H and O–H groups in total. The number of aliphatic hydroxyl groups is 1. The SMILES string of the molecule is CCN(C(=O)CN1CCC(C(C)O)C1)C1CC1. The van der Waals surface area contributed by atoms with Gasteiger partial charge in [-0.3, -0.25) is 9.69 Å². The van der Waals surface area contributed by atoms with E-state index in [1.165, 1.54) is 12.8 Å². The summed E-state index contributed by atoms with van der Waals surface area (Å²) in [6.45, 7) is 7.08. The van der Waals surface area contributed by atoms with Crippen molar-refractivity contribution in [1.29, 1.82) is 0 Å². The van der Waals surface area contributed by atoms with Gasteiger partial charge in [-0.15, -0.1) is 0 Å². The lowest BCUT2D eigenvalue weighted by Crippen LogP contribution is -2.41. The minimum atomic E-state index is -0.249. The third-order valence-corrected chi connectivity index (χ3v) is 4.00. The first kappa shape index (κ1) is 12.8. The number of hydrogen-bond donors (Lipinski definition) is 1. The number of rotatable bonds is 5. The Bertz CT molecular complexity index is 277. The van der Waals surface area contributed by atoms with Crippen molar-refractivity contribution in [1.82, 2.24) is 9.80 Å². The summed E-state index contributed by atoms with van der Waals surface area (Å²) in [4.78, 5) is 16.3. The molecule has 1 amide bonds. The van der Waals surface area contributed by atoms with Crippen LogP contribution in [-0.4, -0.2) is 59.1 Å². The molecule has 2 atom stereocenters. The molecule has 1 aliphatic heterocycles. The van der Waals surface area contributed by atoms with E-state index in [0.717, 1.165) is 26.1 Å². The van der Waals surface area contributed by atoms with E-state index in [9.17, 15) is 9.90 Å². The number of hydrogen-bond acceptors (Lipinski definition) is 3. The Morgan fingerprint density at radius 3 is 2.65 bits per heavy atom. The quantitative estimate of drug-likeness (QED) is 0.769. The van der Waals surface area contributed by atoms with Crippen LogP contribution in [0.5, 0.6) is 0 Å². The molecule has 98 valence electrons. The molecule has 0 aromatic carbocycles. The predicted molar refractivity (Wildman–Crippen MR) is 66.6 cm³/mol. The largest absolute Gasteiger partial charge is 0.393 e. The topological polar surface area (TPSA) is 43.8 Å². The Morgan fingerprint density at radius 1 is 1.47 bits per heavy atom. The molecule has 4 nitrogen and oxygen atoms in total. The van der Waals surface area contributed by atoms with Crippen molar-refractivity contribution in [3.8, 4) is 0 Å². The maximum absolute atomic E-state index is 12.1. The molecule has 0 spiro atoms. The highest BCUT2D eigenvalue weighted by atomic mass is 16.3. The summed E-state index contributed by atoms with van der Waals surface area (Å²) in [5.41, 5.74) is 0. The van der Waals surface area contributed by atoms with Gasteiger partial charge in [0, 0.05) is 19.1 Å². The molecule has 4 heteroatoms. The van der Waals surface area contributed by atoms with Crippen LogP contribution in [0.3, 0.4) is 0 Å². The highest BCUT2D eigenvalue weighted by Gasteiger charge is 2.33. The highest BCUT2D eigenvalue weighted by Crippen LogP contribution is 2.27. The summed E-state index contributed by atoms with van der Waals surface area (Å²) in [7, 11) is 0. The summed E-state index contributed by atoms with van der Waals surface area (Å²) in [5.74, 6) is 0.611. The minimum absolute atomic E-state index is 0.249. The van der Waals surface area contributed by atoms with E-state index in [-0.39, 0.29) is 12.0 Å². The first-order valence-electron chi connectivity index (χ1n) is 6.81. The maximum Gasteiger partial charge on any atom is 0.236 e. The molecule has 1 saturated heterocycles. The summed E-state index contributed by atoms with van der Waals surface area (Å²) in [6, 6.07) is 0.516. The molecule has 17 heavy (non-hydrogen) atoms. The van der Waals surface area contributed by atoms with Crippen molar-refractivity contribution >= 4 is 5.91 Å². The van der Waals surface area contributed by atoms with E-state index in [2.05, 4.69) is 11.8 Å². The van der Waals surface area contributed by atoms with Crippen LogP contribution in [0.1, 0.15) is 33.1 Å². The Hall–Kier alpha value is -0.610. The molecule has 1 heterocycles. The molecular formula is C13H24N2O2. The van der Waals surface area contributed by atoms with Crippen molar-refractivity contribution in [3.05, 3.63) is 0 Å². The number of carbonyl (C=O) groups excluding carboxylic acids is 1. The molecule has 2 rings (SSSR count). The molecule has 0 aromatic heterocycles. The first-order chi connectivity index (χ1) is 8.11. The fourth-order valence-corrected chi connectivity index (χ4v) is 2.71. The van der Waals surface area contributed by atoms with Crippen LogP contribution < -0.4 is 0 Å². The van der Waals surface area contributed by atoms with Gasteiger partial charge in [-0.1, -0.05) is 0 Å². The van der Waals surface area contributed by atoms with Crippen molar-refractivity contribution in [2.75, 3.05) is 26.2 Å². The zero-order valence-corrected chi connectivity index (χ0v) is 10.9. The third-order valence-electron chi connectivity index (χ3n) is 4.00. The van der Waals surface area contributed by atoms with Gasteiger partial charge in [0.2, 0.25) is 5.91 Å². The van der Waals surface area contributed by atoms with Crippen LogP contribution >= 0.6 is 0 Å². The lowest BCUT2D eigenvalue weighted by molar-refractivity contribution is -0.132. The van der Waals surface area contributed by atoms with Crippen LogP contribution in [0.4, 0.5) is 0 Å². The summed E-state index contributed by atoms with van der Waals surface area (Å²) in [5, 5.41) is 9.54. The predicted octanol–water partition coefficient (Wildman–Crippen LogP) is 0.700.